The van der Waals surface area contributed by atoms with Gasteiger partial charge in [0.25, 0.3) is 5.56 Å². The molecule has 2 amide bonds. The van der Waals surface area contributed by atoms with Gasteiger partial charge in [0.1, 0.15) is 5.39 Å². The summed E-state index contributed by atoms with van der Waals surface area (Å²) >= 11 is 1.24. The van der Waals surface area contributed by atoms with Crippen molar-refractivity contribution in [2.45, 2.75) is 19.1 Å². The Hall–Kier alpha value is -3.92. The molecule has 4 aromatic rings. The molecule has 9 nitrogen and oxygen atoms in total. The molecule has 4 rings (SSSR count). The number of para-hydroxylation sites is 2. The number of anilines is 2. The van der Waals surface area contributed by atoms with E-state index in [1.165, 1.54) is 29.0 Å². The lowest BCUT2D eigenvalue weighted by Crippen LogP contribution is -2.25. The van der Waals surface area contributed by atoms with Crippen LogP contribution in [0.1, 0.15) is 12.5 Å². The van der Waals surface area contributed by atoms with Crippen LogP contribution < -0.4 is 16.2 Å². The zero-order valence-electron chi connectivity index (χ0n) is 18.0. The van der Waals surface area contributed by atoms with E-state index in [1.54, 1.807) is 31.2 Å². The number of carbonyl (C=O) groups excluding carboxylic acids is 2. The SMILES string of the molecule is Cc1ccc(NC(=O)CSC(C)C(=O)Nc2ccccc2-n2ncc3c(=O)[nH]cnc32)cc1. The number of nitrogens with one attached hydrogen (secondary N) is 3. The number of H-pyrrole nitrogens is 1. The summed E-state index contributed by atoms with van der Waals surface area (Å²) < 4.78 is 1.51. The summed E-state index contributed by atoms with van der Waals surface area (Å²) in [6, 6.07) is 14.6. The number of rotatable bonds is 7. The van der Waals surface area contributed by atoms with Crippen molar-refractivity contribution in [3.8, 4) is 5.69 Å². The third-order valence-electron chi connectivity index (χ3n) is 4.93. The minimum absolute atomic E-state index is 0.139. The van der Waals surface area contributed by atoms with Gasteiger partial charge in [0.2, 0.25) is 11.8 Å². The van der Waals surface area contributed by atoms with E-state index in [0.717, 1.165) is 11.3 Å². The molecule has 1 unspecified atom stereocenters. The predicted molar refractivity (Wildman–Crippen MR) is 130 cm³/mol. The highest BCUT2D eigenvalue weighted by atomic mass is 32.2. The van der Waals surface area contributed by atoms with Crippen molar-refractivity contribution < 1.29 is 9.59 Å². The fourth-order valence-corrected chi connectivity index (χ4v) is 3.83. The van der Waals surface area contributed by atoms with E-state index < -0.39 is 5.25 Å². The van der Waals surface area contributed by atoms with Crippen molar-refractivity contribution in [3.63, 3.8) is 0 Å². The number of amides is 2. The Morgan fingerprint density at radius 1 is 1.12 bits per heavy atom. The summed E-state index contributed by atoms with van der Waals surface area (Å²) in [5.41, 5.74) is 3.02. The second-order valence-electron chi connectivity index (χ2n) is 7.40. The smallest absolute Gasteiger partial charge is 0.261 e. The Morgan fingerprint density at radius 2 is 1.88 bits per heavy atom. The number of aromatic amines is 1. The Balaban J connectivity index is 1.42. The van der Waals surface area contributed by atoms with Crippen molar-refractivity contribution in [1.82, 2.24) is 19.7 Å². The van der Waals surface area contributed by atoms with Crippen LogP contribution >= 0.6 is 11.8 Å². The second kappa shape index (κ2) is 9.70. The number of aryl methyl sites for hydroxylation is 1. The average molecular weight is 463 g/mol. The lowest BCUT2D eigenvalue weighted by atomic mass is 10.2. The molecule has 0 radical (unpaired) electrons. The summed E-state index contributed by atoms with van der Waals surface area (Å²) in [5, 5.41) is 9.86. The van der Waals surface area contributed by atoms with Gasteiger partial charge in [-0.3, -0.25) is 14.4 Å². The van der Waals surface area contributed by atoms with E-state index in [4.69, 9.17) is 0 Å². The van der Waals surface area contributed by atoms with E-state index in [2.05, 4.69) is 25.7 Å². The predicted octanol–water partition coefficient (Wildman–Crippen LogP) is 3.12. The fourth-order valence-electron chi connectivity index (χ4n) is 3.14. The Labute approximate surface area is 193 Å². The van der Waals surface area contributed by atoms with E-state index in [9.17, 15) is 14.4 Å². The number of aromatic nitrogens is 4. The number of thioether (sulfide) groups is 1. The van der Waals surface area contributed by atoms with Crippen LogP contribution in [0, 0.1) is 6.92 Å². The van der Waals surface area contributed by atoms with Crippen LogP contribution in [0.4, 0.5) is 11.4 Å². The summed E-state index contributed by atoms with van der Waals surface area (Å²) in [7, 11) is 0. The zero-order chi connectivity index (χ0) is 23.4. The Kier molecular flexibility index (Phi) is 6.55. The summed E-state index contributed by atoms with van der Waals surface area (Å²) in [4.78, 5) is 43.7. The van der Waals surface area contributed by atoms with Gasteiger partial charge in [-0.05, 0) is 38.1 Å². The molecule has 0 spiro atoms. The molecule has 0 aliphatic carbocycles. The molecule has 10 heteroatoms. The number of hydrogen-bond donors (Lipinski definition) is 3. The lowest BCUT2D eigenvalue weighted by molar-refractivity contribution is -0.115. The number of benzene rings is 2. The Morgan fingerprint density at radius 3 is 2.67 bits per heavy atom. The van der Waals surface area contributed by atoms with Crippen molar-refractivity contribution in [1.29, 1.82) is 0 Å². The van der Waals surface area contributed by atoms with Gasteiger partial charge in [0.15, 0.2) is 5.65 Å². The maximum atomic E-state index is 12.8. The summed E-state index contributed by atoms with van der Waals surface area (Å²) in [6.45, 7) is 3.72. The van der Waals surface area contributed by atoms with E-state index in [1.807, 2.05) is 31.2 Å². The first-order chi connectivity index (χ1) is 15.9. The average Bonchev–Trinajstić information content (AvgIpc) is 3.24. The zero-order valence-corrected chi connectivity index (χ0v) is 18.8. The summed E-state index contributed by atoms with van der Waals surface area (Å²) in [6.07, 6.45) is 2.75. The monoisotopic (exact) mass is 462 g/mol. The maximum Gasteiger partial charge on any atom is 0.261 e. The van der Waals surface area contributed by atoms with E-state index >= 15 is 0 Å². The topological polar surface area (TPSA) is 122 Å². The van der Waals surface area contributed by atoms with Crippen LogP contribution in [-0.4, -0.2) is 42.6 Å². The maximum absolute atomic E-state index is 12.8. The molecule has 33 heavy (non-hydrogen) atoms. The second-order valence-corrected chi connectivity index (χ2v) is 8.73. The minimum atomic E-state index is -0.475. The van der Waals surface area contributed by atoms with Crippen molar-refractivity contribution in [3.05, 3.63) is 77.0 Å². The van der Waals surface area contributed by atoms with Crippen molar-refractivity contribution in [2.24, 2.45) is 0 Å². The molecule has 0 aliphatic rings. The van der Waals surface area contributed by atoms with Crippen LogP contribution in [0.3, 0.4) is 0 Å². The van der Waals surface area contributed by atoms with Crippen LogP contribution in [0.5, 0.6) is 0 Å². The molecule has 168 valence electrons. The third kappa shape index (κ3) is 5.12. The van der Waals surface area contributed by atoms with Crippen LogP contribution in [-0.2, 0) is 9.59 Å². The highest BCUT2D eigenvalue weighted by molar-refractivity contribution is 8.01. The molecule has 0 fully saturated rings. The minimum Gasteiger partial charge on any atom is -0.325 e. The van der Waals surface area contributed by atoms with Crippen LogP contribution in [0.2, 0.25) is 0 Å². The molecular weight excluding hydrogens is 440 g/mol. The molecule has 2 heterocycles. The fraction of sp³-hybridized carbons (Fsp3) is 0.174. The van der Waals surface area contributed by atoms with Gasteiger partial charge in [-0.25, -0.2) is 9.67 Å². The Bertz CT molecular complexity index is 1360. The number of carbonyl (C=O) groups is 2. The molecule has 2 aromatic heterocycles. The first-order valence-corrected chi connectivity index (χ1v) is 11.3. The number of fused-ring (bicyclic) bond motifs is 1. The van der Waals surface area contributed by atoms with Gasteiger partial charge < -0.3 is 15.6 Å². The van der Waals surface area contributed by atoms with E-state index in [-0.39, 0.29) is 23.1 Å². The molecular formula is C23H22N6O3S. The quantitative estimate of drug-likeness (QED) is 0.388. The third-order valence-corrected chi connectivity index (χ3v) is 6.07. The number of hydrogen-bond acceptors (Lipinski definition) is 6. The highest BCUT2D eigenvalue weighted by Crippen LogP contribution is 2.23. The van der Waals surface area contributed by atoms with Gasteiger partial charge in [-0.15, -0.1) is 11.8 Å². The van der Waals surface area contributed by atoms with Crippen LogP contribution in [0.15, 0.2) is 65.8 Å². The molecule has 3 N–H and O–H groups in total. The largest absolute Gasteiger partial charge is 0.325 e. The molecule has 0 aliphatic heterocycles. The van der Waals surface area contributed by atoms with E-state index in [0.29, 0.717) is 22.4 Å². The molecule has 1 atom stereocenters. The molecule has 2 aromatic carbocycles. The van der Waals surface area contributed by atoms with Gasteiger partial charge >= 0.3 is 0 Å². The van der Waals surface area contributed by atoms with Gasteiger partial charge in [-0.1, -0.05) is 29.8 Å². The van der Waals surface area contributed by atoms with Gasteiger partial charge in [-0.2, -0.15) is 5.10 Å². The number of nitrogens with zero attached hydrogens (tertiary/aromatic N) is 3. The van der Waals surface area contributed by atoms with Gasteiger partial charge in [0.05, 0.1) is 34.9 Å². The first-order valence-electron chi connectivity index (χ1n) is 10.2. The molecule has 0 saturated carbocycles. The summed E-state index contributed by atoms with van der Waals surface area (Å²) in [5.74, 6) is -0.290. The standard InChI is InChI=1S/C23H22N6O3S/c1-14-7-9-16(10-8-14)27-20(30)12-33-15(2)22(31)28-18-5-3-4-6-19(18)29-21-17(11-26-29)23(32)25-13-24-21/h3-11,13,15H,12H2,1-2H3,(H,27,30)(H,28,31)(H,24,25,32). The van der Waals surface area contributed by atoms with Crippen molar-refractivity contribution >= 4 is 46.0 Å². The van der Waals surface area contributed by atoms with Gasteiger partial charge in [0, 0.05) is 5.69 Å². The lowest BCUT2D eigenvalue weighted by Gasteiger charge is -2.15. The molecule has 0 saturated heterocycles. The van der Waals surface area contributed by atoms with Crippen LogP contribution in [0.25, 0.3) is 16.7 Å². The first kappa shape index (κ1) is 22.3. The van der Waals surface area contributed by atoms with Crippen molar-refractivity contribution in [2.75, 3.05) is 16.4 Å². The molecule has 0 bridgehead atoms. The normalized spacial score (nSPS) is 11.8. The highest BCUT2D eigenvalue weighted by Gasteiger charge is 2.18.